The van der Waals surface area contributed by atoms with E-state index in [1.54, 1.807) is 30.3 Å². The molecule has 1 amide bonds. The monoisotopic (exact) mass is 373 g/mol. The molecule has 0 aliphatic rings. The number of aromatic amines is 1. The van der Waals surface area contributed by atoms with E-state index in [4.69, 9.17) is 0 Å². The highest BCUT2D eigenvalue weighted by Gasteiger charge is 2.11. The van der Waals surface area contributed by atoms with Gasteiger partial charge in [0.2, 0.25) is 0 Å². The van der Waals surface area contributed by atoms with E-state index in [1.807, 2.05) is 25.1 Å². The molecule has 2 N–H and O–H groups in total. The molecule has 0 spiro atoms. The van der Waals surface area contributed by atoms with Crippen molar-refractivity contribution in [2.24, 2.45) is 0 Å². The quantitative estimate of drug-likeness (QED) is 0.535. The number of H-pyrrole nitrogens is 1. The maximum absolute atomic E-state index is 13.9. The summed E-state index contributed by atoms with van der Waals surface area (Å²) >= 11 is 0. The fourth-order valence-corrected chi connectivity index (χ4v) is 3.42. The van der Waals surface area contributed by atoms with Gasteiger partial charge in [-0.3, -0.25) is 9.78 Å². The Kier molecular flexibility index (Phi) is 4.89. The number of hydrogen-bond acceptors (Lipinski definition) is 2. The number of aromatic nitrogens is 2. The van der Waals surface area contributed by atoms with Crippen LogP contribution in [0.5, 0.6) is 0 Å². The molecule has 0 atom stereocenters. The minimum absolute atomic E-state index is 0.190. The number of amides is 1. The highest BCUT2D eigenvalue weighted by Crippen LogP contribution is 2.22. The summed E-state index contributed by atoms with van der Waals surface area (Å²) in [6.45, 7) is 2.57. The molecule has 2 heterocycles. The van der Waals surface area contributed by atoms with Crippen LogP contribution in [0.3, 0.4) is 0 Å². The van der Waals surface area contributed by atoms with Gasteiger partial charge in [-0.15, -0.1) is 0 Å². The molecule has 0 unspecified atom stereocenters. The number of nitrogens with zero attached hydrogens (tertiary/aromatic N) is 1. The average molecular weight is 373 g/mol. The maximum Gasteiger partial charge on any atom is 0.252 e. The molecule has 2 aromatic carbocycles. The Morgan fingerprint density at radius 1 is 1.07 bits per heavy atom. The number of carbonyl (C=O) groups is 1. The van der Waals surface area contributed by atoms with E-state index in [0.29, 0.717) is 23.4 Å². The summed E-state index contributed by atoms with van der Waals surface area (Å²) in [6, 6.07) is 17.9. The normalized spacial score (nSPS) is 10.9. The van der Waals surface area contributed by atoms with Crippen LogP contribution in [0.4, 0.5) is 4.39 Å². The van der Waals surface area contributed by atoms with Crippen LogP contribution in [0.25, 0.3) is 22.2 Å². The van der Waals surface area contributed by atoms with Gasteiger partial charge < -0.3 is 10.3 Å². The summed E-state index contributed by atoms with van der Waals surface area (Å²) in [6.07, 6.45) is 2.22. The minimum atomic E-state index is -0.332. The molecule has 0 radical (unpaired) electrons. The van der Waals surface area contributed by atoms with Crippen LogP contribution in [0.15, 0.2) is 66.9 Å². The van der Waals surface area contributed by atoms with Crippen molar-refractivity contribution in [1.29, 1.82) is 0 Å². The van der Waals surface area contributed by atoms with E-state index in [9.17, 15) is 9.18 Å². The maximum atomic E-state index is 13.9. The molecule has 0 aliphatic heterocycles. The lowest BCUT2D eigenvalue weighted by molar-refractivity contribution is 0.0954. The van der Waals surface area contributed by atoms with Gasteiger partial charge in [-0.05, 0) is 49.2 Å². The molecule has 140 valence electrons. The van der Waals surface area contributed by atoms with Crippen molar-refractivity contribution in [2.75, 3.05) is 6.54 Å². The van der Waals surface area contributed by atoms with Gasteiger partial charge in [0.1, 0.15) is 5.82 Å². The second kappa shape index (κ2) is 7.64. The number of fused-ring (bicyclic) bond motifs is 1. The van der Waals surface area contributed by atoms with Gasteiger partial charge in [0.05, 0.1) is 11.3 Å². The molecular weight excluding hydrogens is 353 g/mol. The Labute approximate surface area is 162 Å². The summed E-state index contributed by atoms with van der Waals surface area (Å²) in [5.74, 6) is -0.522. The molecule has 0 saturated heterocycles. The van der Waals surface area contributed by atoms with Crippen LogP contribution in [0, 0.1) is 12.7 Å². The molecule has 28 heavy (non-hydrogen) atoms. The lowest BCUT2D eigenvalue weighted by Crippen LogP contribution is -2.25. The summed E-state index contributed by atoms with van der Waals surface area (Å²) in [7, 11) is 0. The van der Waals surface area contributed by atoms with Crippen LogP contribution < -0.4 is 5.32 Å². The Morgan fingerprint density at radius 2 is 1.86 bits per heavy atom. The number of aryl methyl sites for hydroxylation is 1. The summed E-state index contributed by atoms with van der Waals surface area (Å²) in [5.41, 5.74) is 4.81. The van der Waals surface area contributed by atoms with Gasteiger partial charge >= 0.3 is 0 Å². The first-order chi connectivity index (χ1) is 13.6. The highest BCUT2D eigenvalue weighted by atomic mass is 19.1. The van der Waals surface area contributed by atoms with Gasteiger partial charge in [0, 0.05) is 34.9 Å². The molecule has 5 heteroatoms. The standard InChI is InChI=1S/C23H20FN3O/c1-15-17(18-6-3-5-9-22(18)27-15)12-13-25-23(28)16-10-11-21(26-14-16)19-7-2-4-8-20(19)24/h2-11,14,27H,12-13H2,1H3,(H,25,28). The number of halogens is 1. The molecule has 0 aliphatic carbocycles. The third-order valence-electron chi connectivity index (χ3n) is 4.86. The van der Waals surface area contributed by atoms with Gasteiger partial charge in [-0.2, -0.15) is 0 Å². The van der Waals surface area contributed by atoms with Gasteiger partial charge in [0.25, 0.3) is 5.91 Å². The zero-order valence-electron chi connectivity index (χ0n) is 15.5. The lowest BCUT2D eigenvalue weighted by Gasteiger charge is -2.07. The minimum Gasteiger partial charge on any atom is -0.358 e. The molecule has 2 aromatic heterocycles. The van der Waals surface area contributed by atoms with Crippen molar-refractivity contribution in [2.45, 2.75) is 13.3 Å². The molecular formula is C23H20FN3O. The largest absolute Gasteiger partial charge is 0.358 e. The lowest BCUT2D eigenvalue weighted by atomic mass is 10.1. The molecule has 4 rings (SSSR count). The first kappa shape index (κ1) is 17.9. The second-order valence-electron chi connectivity index (χ2n) is 6.69. The van der Waals surface area contributed by atoms with Crippen molar-refractivity contribution in [1.82, 2.24) is 15.3 Å². The van der Waals surface area contributed by atoms with Crippen LogP contribution in [-0.2, 0) is 6.42 Å². The van der Waals surface area contributed by atoms with E-state index in [2.05, 4.69) is 21.4 Å². The van der Waals surface area contributed by atoms with E-state index in [0.717, 1.165) is 17.6 Å². The van der Waals surface area contributed by atoms with Crippen LogP contribution in [-0.4, -0.2) is 22.4 Å². The third kappa shape index (κ3) is 3.51. The zero-order chi connectivity index (χ0) is 19.5. The Balaban J connectivity index is 1.41. The van der Waals surface area contributed by atoms with Crippen molar-refractivity contribution < 1.29 is 9.18 Å². The average Bonchev–Trinajstić information content (AvgIpc) is 3.04. The summed E-state index contributed by atoms with van der Waals surface area (Å²) in [5, 5.41) is 4.12. The third-order valence-corrected chi connectivity index (χ3v) is 4.86. The zero-order valence-corrected chi connectivity index (χ0v) is 15.5. The number of carbonyl (C=O) groups excluding carboxylic acids is 1. The van der Waals surface area contributed by atoms with Crippen molar-refractivity contribution >= 4 is 16.8 Å². The number of pyridine rings is 1. The fourth-order valence-electron chi connectivity index (χ4n) is 3.42. The SMILES string of the molecule is Cc1[nH]c2ccccc2c1CCNC(=O)c1ccc(-c2ccccc2F)nc1. The number of hydrogen-bond donors (Lipinski definition) is 2. The van der Waals surface area contributed by atoms with E-state index < -0.39 is 0 Å². The molecule has 0 saturated carbocycles. The van der Waals surface area contributed by atoms with E-state index >= 15 is 0 Å². The number of rotatable bonds is 5. The van der Waals surface area contributed by atoms with Crippen molar-refractivity contribution in [3.05, 3.63) is 89.5 Å². The van der Waals surface area contributed by atoms with Gasteiger partial charge in [-0.25, -0.2) is 4.39 Å². The fraction of sp³-hybridized carbons (Fsp3) is 0.130. The topological polar surface area (TPSA) is 57.8 Å². The molecule has 4 aromatic rings. The molecule has 0 fully saturated rings. The first-order valence-corrected chi connectivity index (χ1v) is 9.19. The second-order valence-corrected chi connectivity index (χ2v) is 6.69. The predicted octanol–water partition coefficient (Wildman–Crippen LogP) is 4.65. The van der Waals surface area contributed by atoms with Crippen LogP contribution in [0.1, 0.15) is 21.6 Å². The number of benzene rings is 2. The van der Waals surface area contributed by atoms with E-state index in [-0.39, 0.29) is 11.7 Å². The Bertz CT molecular complexity index is 1130. The number of para-hydroxylation sites is 1. The van der Waals surface area contributed by atoms with E-state index in [1.165, 1.54) is 23.2 Å². The summed E-state index contributed by atoms with van der Waals surface area (Å²) in [4.78, 5) is 20.0. The first-order valence-electron chi connectivity index (χ1n) is 9.19. The van der Waals surface area contributed by atoms with Gasteiger partial charge in [-0.1, -0.05) is 30.3 Å². The van der Waals surface area contributed by atoms with Crippen LogP contribution >= 0.6 is 0 Å². The highest BCUT2D eigenvalue weighted by molar-refractivity contribution is 5.94. The van der Waals surface area contributed by atoms with Crippen molar-refractivity contribution in [3.8, 4) is 11.3 Å². The molecule has 4 nitrogen and oxygen atoms in total. The van der Waals surface area contributed by atoms with Crippen LogP contribution in [0.2, 0.25) is 0 Å². The Hall–Kier alpha value is -3.47. The molecule has 0 bridgehead atoms. The Morgan fingerprint density at radius 3 is 2.64 bits per heavy atom. The summed E-state index contributed by atoms with van der Waals surface area (Å²) < 4.78 is 13.9. The smallest absolute Gasteiger partial charge is 0.252 e. The predicted molar refractivity (Wildman–Crippen MR) is 109 cm³/mol. The van der Waals surface area contributed by atoms with Crippen molar-refractivity contribution in [3.63, 3.8) is 0 Å². The number of nitrogens with one attached hydrogen (secondary N) is 2. The van der Waals surface area contributed by atoms with Gasteiger partial charge in [0.15, 0.2) is 0 Å².